The first-order valence-electron chi connectivity index (χ1n) is 13.7. The van der Waals surface area contributed by atoms with E-state index in [0.717, 1.165) is 18.1 Å². The van der Waals surface area contributed by atoms with Crippen LogP contribution in [0, 0.1) is 5.92 Å². The minimum absolute atomic E-state index is 0.111. The Hall–Kier alpha value is -0.556. The van der Waals surface area contributed by atoms with E-state index in [-0.39, 0.29) is 40.4 Å². The quantitative estimate of drug-likeness (QED) is 0.226. The Labute approximate surface area is 221 Å². The molecule has 7 nitrogen and oxygen atoms in total. The van der Waals surface area contributed by atoms with Crippen molar-refractivity contribution >= 4 is 22.8 Å². The van der Waals surface area contributed by atoms with Crippen LogP contribution in [0.5, 0.6) is 0 Å². The van der Waals surface area contributed by atoms with Gasteiger partial charge in [0.2, 0.25) is 0 Å². The van der Waals surface area contributed by atoms with Crippen molar-refractivity contribution in [1.29, 1.82) is 0 Å². The predicted octanol–water partition coefficient (Wildman–Crippen LogP) is 5.72. The molecule has 2 saturated heterocycles. The van der Waals surface area contributed by atoms with Crippen molar-refractivity contribution in [3.8, 4) is 0 Å². The molecule has 2 heterocycles. The van der Waals surface area contributed by atoms with Gasteiger partial charge in [0.25, 0.3) is 0 Å². The van der Waals surface area contributed by atoms with Crippen molar-refractivity contribution in [2.24, 2.45) is 5.92 Å². The van der Waals surface area contributed by atoms with Crippen LogP contribution in [0.25, 0.3) is 0 Å². The molecule has 0 spiro atoms. The molecule has 2 fully saturated rings. The van der Waals surface area contributed by atoms with Crippen LogP contribution in [0.2, 0.25) is 28.2 Å². The van der Waals surface area contributed by atoms with Crippen molar-refractivity contribution in [2.45, 2.75) is 134 Å². The molecule has 36 heavy (non-hydrogen) atoms. The van der Waals surface area contributed by atoms with E-state index >= 15 is 0 Å². The van der Waals surface area contributed by atoms with Gasteiger partial charge < -0.3 is 27.9 Å². The molecule has 0 aliphatic carbocycles. The fourth-order valence-corrected chi connectivity index (χ4v) is 13.9. The summed E-state index contributed by atoms with van der Waals surface area (Å²) in [5.74, 6) is -0.781. The Morgan fingerprint density at radius 3 is 2.11 bits per heavy atom. The third-order valence-electron chi connectivity index (χ3n) is 8.34. The number of esters is 1. The Morgan fingerprint density at radius 2 is 1.64 bits per heavy atom. The van der Waals surface area contributed by atoms with E-state index in [4.69, 9.17) is 18.0 Å². The molecule has 0 aromatic heterocycles. The summed E-state index contributed by atoms with van der Waals surface area (Å²) in [6, 6.07) is 3.09. The second-order valence-corrected chi connectivity index (χ2v) is 22.1. The molecular formula is C27H52O7Si2. The molecule has 0 saturated carbocycles. The number of aliphatic hydroxyl groups excluding tert-OH is 1. The van der Waals surface area contributed by atoms with Gasteiger partial charge in [-0.3, -0.25) is 0 Å². The van der Waals surface area contributed by atoms with Crippen LogP contribution in [-0.2, 0) is 27.5 Å². The summed E-state index contributed by atoms with van der Waals surface area (Å²) < 4.78 is 32.1. The minimum atomic E-state index is -2.64. The second-order valence-electron chi connectivity index (χ2n) is 12.6. The number of hydrogen-bond acceptors (Lipinski definition) is 7. The van der Waals surface area contributed by atoms with Gasteiger partial charge in [-0.1, -0.05) is 69.2 Å². The zero-order chi connectivity index (χ0) is 27.5. The number of fused-ring (bicyclic) bond motifs is 1. The number of aliphatic hydroxyl groups is 1. The lowest BCUT2D eigenvalue weighted by Gasteiger charge is -2.57. The number of ether oxygens (including phenoxy) is 2. The molecule has 2 aliphatic rings. The number of carbonyl (C=O) groups excluding carboxylic acids is 1. The van der Waals surface area contributed by atoms with Crippen LogP contribution < -0.4 is 0 Å². The normalized spacial score (nSPS) is 29.0. The van der Waals surface area contributed by atoms with Crippen LogP contribution >= 0.6 is 0 Å². The highest BCUT2D eigenvalue weighted by Gasteiger charge is 2.63. The number of carbonyl (C=O) groups is 1. The average Bonchev–Trinajstić information content (AvgIpc) is 2.82. The molecule has 0 bridgehead atoms. The molecule has 0 radical (unpaired) electrons. The maximum atomic E-state index is 11.6. The Balaban J connectivity index is 2.40. The van der Waals surface area contributed by atoms with Crippen LogP contribution in [0.3, 0.4) is 0 Å². The van der Waals surface area contributed by atoms with Gasteiger partial charge in [-0.25, -0.2) is 4.79 Å². The van der Waals surface area contributed by atoms with Gasteiger partial charge in [0.05, 0.1) is 38.1 Å². The first-order valence-corrected chi connectivity index (χ1v) is 18.0. The Kier molecular flexibility index (Phi) is 10.6. The van der Waals surface area contributed by atoms with Gasteiger partial charge in [-0.15, -0.1) is 0 Å². The zero-order valence-electron chi connectivity index (χ0n) is 24.6. The van der Waals surface area contributed by atoms with E-state index in [1.807, 2.05) is 6.92 Å². The molecule has 2 aliphatic heterocycles. The minimum Gasteiger partial charge on any atom is -0.466 e. The highest BCUT2D eigenvalue weighted by Crippen LogP contribution is 2.55. The molecule has 0 aromatic carbocycles. The van der Waals surface area contributed by atoms with E-state index in [2.05, 4.69) is 67.1 Å². The van der Waals surface area contributed by atoms with E-state index in [1.165, 1.54) is 19.3 Å². The molecule has 1 N–H and O–H groups in total. The molecule has 2 rings (SSSR count). The third kappa shape index (κ3) is 6.53. The van der Waals surface area contributed by atoms with Gasteiger partial charge >= 0.3 is 14.5 Å². The van der Waals surface area contributed by atoms with Crippen molar-refractivity contribution in [3.05, 3.63) is 12.2 Å². The molecule has 210 valence electrons. The summed E-state index contributed by atoms with van der Waals surface area (Å²) in [4.78, 5) is 11.6. The lowest BCUT2D eigenvalue weighted by atomic mass is 9.87. The largest absolute Gasteiger partial charge is 0.466 e. The summed E-state index contributed by atoms with van der Waals surface area (Å²) in [6.07, 6.45) is 1.72. The van der Waals surface area contributed by atoms with Crippen LogP contribution in [0.1, 0.15) is 75.7 Å². The summed E-state index contributed by atoms with van der Waals surface area (Å²) >= 11 is 0. The summed E-state index contributed by atoms with van der Waals surface area (Å²) in [5, 5.41) is 10.7. The van der Waals surface area contributed by atoms with Crippen molar-refractivity contribution in [2.75, 3.05) is 13.7 Å². The van der Waals surface area contributed by atoms with Crippen LogP contribution in [0.15, 0.2) is 12.2 Å². The van der Waals surface area contributed by atoms with E-state index in [1.54, 1.807) is 0 Å². The average molecular weight is 545 g/mol. The monoisotopic (exact) mass is 544 g/mol. The number of methoxy groups -OCH3 is 1. The smallest absolute Gasteiger partial charge is 0.349 e. The maximum Gasteiger partial charge on any atom is 0.349 e. The highest BCUT2D eigenvalue weighted by molar-refractivity contribution is 6.74. The zero-order valence-corrected chi connectivity index (χ0v) is 26.6. The summed E-state index contributed by atoms with van der Waals surface area (Å²) in [7, 11) is -3.29. The van der Waals surface area contributed by atoms with Gasteiger partial charge in [-0.05, 0) is 24.2 Å². The molecule has 0 unspecified atom stereocenters. The van der Waals surface area contributed by atoms with Crippen molar-refractivity contribution in [3.63, 3.8) is 0 Å². The standard InChI is InChI=1S/C27H52O7Si2/c1-12-35(13-2,14-3)33-22-17-21-23(18-31-36(34-21,26(5,6)7)27(8,9)10)32-25(22)19(4)20(28)15-16-24(29)30-11/h15-16,19-23,25,28H,12-14,17-18H2,1-11H3/b16-15+/t19-,20+,21-,22+,23-,25+/m1/s1. The lowest BCUT2D eigenvalue weighted by molar-refractivity contribution is -0.213. The fourth-order valence-electron chi connectivity index (χ4n) is 6.03. The lowest BCUT2D eigenvalue weighted by Crippen LogP contribution is -2.68. The van der Waals surface area contributed by atoms with Crippen LogP contribution in [0.4, 0.5) is 0 Å². The van der Waals surface area contributed by atoms with Gasteiger partial charge in [0, 0.05) is 28.5 Å². The SMILES string of the molecule is CC[Si](CC)(CC)O[C@H]1C[C@H]2O[Si](C(C)(C)C)(C(C)(C)C)OC[C@H]2O[C@H]1[C@H](C)[C@@H](O)/C=C/C(=O)OC. The first kappa shape index (κ1) is 31.7. The summed E-state index contributed by atoms with van der Waals surface area (Å²) in [5.41, 5.74) is 0. The topological polar surface area (TPSA) is 83.5 Å². The molecule has 0 aromatic rings. The van der Waals surface area contributed by atoms with Gasteiger partial charge in [-0.2, -0.15) is 0 Å². The van der Waals surface area contributed by atoms with E-state index < -0.39 is 29.0 Å². The molecule has 6 atom stereocenters. The number of rotatable bonds is 9. The molecule has 0 amide bonds. The van der Waals surface area contributed by atoms with Crippen molar-refractivity contribution < 1.29 is 32.7 Å². The van der Waals surface area contributed by atoms with Crippen molar-refractivity contribution in [1.82, 2.24) is 0 Å². The van der Waals surface area contributed by atoms with Gasteiger partial charge in [0.1, 0.15) is 6.10 Å². The molecular weight excluding hydrogens is 492 g/mol. The third-order valence-corrected chi connectivity index (χ3v) is 18.2. The Bertz CT molecular complexity index is 732. The fraction of sp³-hybridized carbons (Fsp3) is 0.889. The Morgan fingerprint density at radius 1 is 1.08 bits per heavy atom. The predicted molar refractivity (Wildman–Crippen MR) is 148 cm³/mol. The molecule has 9 heteroatoms. The van der Waals surface area contributed by atoms with Gasteiger partial charge in [0.15, 0.2) is 8.32 Å². The number of hydrogen-bond donors (Lipinski definition) is 1. The summed E-state index contributed by atoms with van der Waals surface area (Å²) in [6.45, 7) is 22.4. The maximum absolute atomic E-state index is 11.6. The van der Waals surface area contributed by atoms with Crippen LogP contribution in [-0.4, -0.2) is 72.2 Å². The van der Waals surface area contributed by atoms with E-state index in [9.17, 15) is 9.90 Å². The first-order chi connectivity index (χ1) is 16.6. The highest BCUT2D eigenvalue weighted by atomic mass is 28.4. The van der Waals surface area contributed by atoms with E-state index in [0.29, 0.717) is 13.0 Å². The second kappa shape index (κ2) is 12.1.